The van der Waals surface area contributed by atoms with Gasteiger partial charge in [0, 0.05) is 19.7 Å². The third-order valence-electron chi connectivity index (χ3n) is 2.21. The minimum Gasteiger partial charge on any atom is -0.481 e. The van der Waals surface area contributed by atoms with Crippen LogP contribution in [0.2, 0.25) is 0 Å². The van der Waals surface area contributed by atoms with Crippen molar-refractivity contribution in [2.45, 2.75) is 26.2 Å². The van der Waals surface area contributed by atoms with Gasteiger partial charge < -0.3 is 5.11 Å². The van der Waals surface area contributed by atoms with E-state index < -0.39 is 5.97 Å². The Morgan fingerprint density at radius 1 is 1.71 bits per heavy atom. The van der Waals surface area contributed by atoms with E-state index >= 15 is 0 Å². The van der Waals surface area contributed by atoms with Crippen LogP contribution in [0.5, 0.6) is 0 Å². The van der Waals surface area contributed by atoms with E-state index in [2.05, 4.69) is 5.10 Å². The molecule has 0 radical (unpaired) electrons. The second-order valence-electron chi connectivity index (χ2n) is 3.76. The second-order valence-corrected chi connectivity index (χ2v) is 3.76. The summed E-state index contributed by atoms with van der Waals surface area (Å²) in [5.74, 6) is -0.489. The van der Waals surface area contributed by atoms with Crippen molar-refractivity contribution >= 4 is 5.97 Å². The van der Waals surface area contributed by atoms with Crippen LogP contribution >= 0.6 is 0 Å². The zero-order chi connectivity index (χ0) is 10.6. The van der Waals surface area contributed by atoms with Crippen molar-refractivity contribution in [2.24, 2.45) is 13.0 Å². The summed E-state index contributed by atoms with van der Waals surface area (Å²) in [5.41, 5.74) is 1.17. The molecule has 0 saturated heterocycles. The van der Waals surface area contributed by atoms with Gasteiger partial charge >= 0.3 is 5.97 Å². The predicted octanol–water partition coefficient (Wildman–Crippen LogP) is 1.46. The molecule has 0 fully saturated rings. The van der Waals surface area contributed by atoms with Crippen molar-refractivity contribution in [2.75, 3.05) is 0 Å². The Morgan fingerprint density at radius 3 is 2.93 bits per heavy atom. The van der Waals surface area contributed by atoms with E-state index in [-0.39, 0.29) is 12.3 Å². The summed E-state index contributed by atoms with van der Waals surface area (Å²) in [4.78, 5) is 10.4. The summed E-state index contributed by atoms with van der Waals surface area (Å²) >= 11 is 0. The maximum absolute atomic E-state index is 10.4. The standard InChI is InChI=1S/C10H16N2O2/c1-8(5-10(13)14)3-4-9-6-11-12(2)7-9/h6-8H,3-5H2,1-2H3,(H,13,14). The van der Waals surface area contributed by atoms with Gasteiger partial charge in [0.2, 0.25) is 0 Å². The van der Waals surface area contributed by atoms with Crippen LogP contribution in [-0.4, -0.2) is 20.9 Å². The lowest BCUT2D eigenvalue weighted by atomic mass is 10.00. The Kier molecular flexibility index (Phi) is 3.68. The van der Waals surface area contributed by atoms with Crippen molar-refractivity contribution in [3.8, 4) is 0 Å². The van der Waals surface area contributed by atoms with E-state index in [4.69, 9.17) is 5.11 Å². The molecule has 0 aliphatic rings. The SMILES string of the molecule is CC(CCc1cnn(C)c1)CC(=O)O. The number of hydrogen-bond donors (Lipinski definition) is 1. The summed E-state index contributed by atoms with van der Waals surface area (Å²) < 4.78 is 1.76. The summed E-state index contributed by atoms with van der Waals surface area (Å²) in [5, 5.41) is 12.6. The normalized spacial score (nSPS) is 12.7. The fourth-order valence-electron chi connectivity index (χ4n) is 1.41. The van der Waals surface area contributed by atoms with Gasteiger partial charge in [-0.1, -0.05) is 6.92 Å². The molecule has 0 aromatic carbocycles. The van der Waals surface area contributed by atoms with Crippen LogP contribution in [0.3, 0.4) is 0 Å². The first-order valence-corrected chi connectivity index (χ1v) is 4.77. The lowest BCUT2D eigenvalue weighted by molar-refractivity contribution is -0.138. The van der Waals surface area contributed by atoms with Crippen molar-refractivity contribution < 1.29 is 9.90 Å². The quantitative estimate of drug-likeness (QED) is 0.775. The largest absolute Gasteiger partial charge is 0.481 e. The molecular weight excluding hydrogens is 180 g/mol. The number of aliphatic carboxylic acids is 1. The molecule has 0 saturated carbocycles. The van der Waals surface area contributed by atoms with E-state index in [9.17, 15) is 4.79 Å². The van der Waals surface area contributed by atoms with E-state index in [0.29, 0.717) is 0 Å². The maximum atomic E-state index is 10.4. The zero-order valence-electron chi connectivity index (χ0n) is 8.60. The van der Waals surface area contributed by atoms with Gasteiger partial charge in [-0.05, 0) is 24.3 Å². The van der Waals surface area contributed by atoms with Crippen LogP contribution in [0.4, 0.5) is 0 Å². The Hall–Kier alpha value is -1.32. The number of aryl methyl sites for hydroxylation is 2. The van der Waals surface area contributed by atoms with E-state index in [1.807, 2.05) is 26.4 Å². The molecule has 0 aliphatic carbocycles. The highest BCUT2D eigenvalue weighted by Gasteiger charge is 2.07. The molecule has 4 heteroatoms. The fourth-order valence-corrected chi connectivity index (χ4v) is 1.41. The van der Waals surface area contributed by atoms with Gasteiger partial charge in [0.05, 0.1) is 6.20 Å². The van der Waals surface area contributed by atoms with Crippen LogP contribution in [0.25, 0.3) is 0 Å². The number of hydrogen-bond acceptors (Lipinski definition) is 2. The topological polar surface area (TPSA) is 55.1 Å². The van der Waals surface area contributed by atoms with Gasteiger partial charge in [-0.2, -0.15) is 5.10 Å². The summed E-state index contributed by atoms with van der Waals surface area (Å²) in [6.45, 7) is 1.96. The smallest absolute Gasteiger partial charge is 0.303 e. The number of nitrogens with zero attached hydrogens (tertiary/aromatic N) is 2. The van der Waals surface area contributed by atoms with Crippen molar-refractivity contribution in [3.63, 3.8) is 0 Å². The van der Waals surface area contributed by atoms with Crippen LogP contribution in [-0.2, 0) is 18.3 Å². The Morgan fingerprint density at radius 2 is 2.43 bits per heavy atom. The van der Waals surface area contributed by atoms with E-state index in [1.165, 1.54) is 5.56 Å². The summed E-state index contributed by atoms with van der Waals surface area (Å²) in [6.07, 6.45) is 5.85. The van der Waals surface area contributed by atoms with Crippen LogP contribution < -0.4 is 0 Å². The molecule has 1 aromatic heterocycles. The molecule has 1 unspecified atom stereocenters. The number of rotatable bonds is 5. The number of aromatic nitrogens is 2. The number of carboxylic acids is 1. The van der Waals surface area contributed by atoms with Gasteiger partial charge in [0.25, 0.3) is 0 Å². The first-order chi connectivity index (χ1) is 6.58. The lowest BCUT2D eigenvalue weighted by Crippen LogP contribution is -2.05. The third-order valence-corrected chi connectivity index (χ3v) is 2.21. The minimum absolute atomic E-state index is 0.229. The van der Waals surface area contributed by atoms with E-state index in [0.717, 1.165) is 12.8 Å². The van der Waals surface area contributed by atoms with Crippen molar-refractivity contribution in [1.82, 2.24) is 9.78 Å². The average Bonchev–Trinajstić information content (AvgIpc) is 2.47. The molecule has 0 amide bonds. The molecule has 78 valence electrons. The van der Waals surface area contributed by atoms with Crippen LogP contribution in [0, 0.1) is 5.92 Å². The summed E-state index contributed by atoms with van der Waals surface area (Å²) in [7, 11) is 1.88. The fraction of sp³-hybridized carbons (Fsp3) is 0.600. The highest BCUT2D eigenvalue weighted by molar-refractivity contribution is 5.66. The van der Waals surface area contributed by atoms with Gasteiger partial charge in [-0.15, -0.1) is 0 Å². The molecular formula is C10H16N2O2. The highest BCUT2D eigenvalue weighted by atomic mass is 16.4. The van der Waals surface area contributed by atoms with Gasteiger partial charge in [-0.25, -0.2) is 0 Å². The molecule has 4 nitrogen and oxygen atoms in total. The highest BCUT2D eigenvalue weighted by Crippen LogP contribution is 2.11. The number of carbonyl (C=O) groups is 1. The Balaban J connectivity index is 2.30. The molecule has 0 aliphatic heterocycles. The Bertz CT molecular complexity index is 307. The van der Waals surface area contributed by atoms with E-state index in [1.54, 1.807) is 4.68 Å². The van der Waals surface area contributed by atoms with Crippen LogP contribution in [0.1, 0.15) is 25.3 Å². The molecule has 14 heavy (non-hydrogen) atoms. The van der Waals surface area contributed by atoms with Crippen LogP contribution in [0.15, 0.2) is 12.4 Å². The first-order valence-electron chi connectivity index (χ1n) is 4.77. The molecule has 1 aromatic rings. The molecule has 1 rings (SSSR count). The summed E-state index contributed by atoms with van der Waals surface area (Å²) in [6, 6.07) is 0. The number of carboxylic acid groups (broad SMARTS) is 1. The Labute approximate surface area is 83.5 Å². The molecule has 1 atom stereocenters. The molecule has 1 N–H and O–H groups in total. The van der Waals surface area contributed by atoms with Crippen molar-refractivity contribution in [1.29, 1.82) is 0 Å². The van der Waals surface area contributed by atoms with Gasteiger partial charge in [0.15, 0.2) is 0 Å². The first kappa shape index (κ1) is 10.8. The minimum atomic E-state index is -0.719. The monoisotopic (exact) mass is 196 g/mol. The third kappa shape index (κ3) is 3.60. The molecule has 0 bridgehead atoms. The predicted molar refractivity (Wildman–Crippen MR) is 52.9 cm³/mol. The van der Waals surface area contributed by atoms with Gasteiger partial charge in [0.1, 0.15) is 0 Å². The van der Waals surface area contributed by atoms with Crippen molar-refractivity contribution in [3.05, 3.63) is 18.0 Å². The second kappa shape index (κ2) is 4.79. The van der Waals surface area contributed by atoms with Gasteiger partial charge in [-0.3, -0.25) is 9.48 Å². The maximum Gasteiger partial charge on any atom is 0.303 e. The molecule has 1 heterocycles. The molecule has 0 spiro atoms. The zero-order valence-corrected chi connectivity index (χ0v) is 8.60. The average molecular weight is 196 g/mol. The lowest BCUT2D eigenvalue weighted by Gasteiger charge is -2.06.